The summed E-state index contributed by atoms with van der Waals surface area (Å²) in [4.78, 5) is 8.48. The maximum atomic E-state index is 5.86. The zero-order valence-corrected chi connectivity index (χ0v) is 9.74. The molecule has 0 spiro atoms. The van der Waals surface area contributed by atoms with E-state index >= 15 is 0 Å². The van der Waals surface area contributed by atoms with Crippen molar-refractivity contribution in [3.63, 3.8) is 0 Å². The van der Waals surface area contributed by atoms with Crippen molar-refractivity contribution in [2.75, 3.05) is 0 Å². The fourth-order valence-corrected chi connectivity index (χ4v) is 2.19. The molecule has 1 fully saturated rings. The number of hydrogen-bond donors (Lipinski definition) is 0. The van der Waals surface area contributed by atoms with Crippen molar-refractivity contribution in [1.29, 1.82) is 0 Å². The van der Waals surface area contributed by atoms with E-state index in [0.717, 1.165) is 23.4 Å². The van der Waals surface area contributed by atoms with Crippen LogP contribution in [0.1, 0.15) is 24.8 Å². The molecular formula is C13H13ClN2. The number of aromatic nitrogens is 2. The van der Waals surface area contributed by atoms with Gasteiger partial charge in [0.1, 0.15) is 5.15 Å². The van der Waals surface area contributed by atoms with E-state index in [1.54, 1.807) is 0 Å². The predicted molar refractivity (Wildman–Crippen MR) is 65.6 cm³/mol. The average molecular weight is 233 g/mol. The van der Waals surface area contributed by atoms with Crippen molar-refractivity contribution >= 4 is 22.6 Å². The molecule has 1 aliphatic carbocycles. The second-order valence-corrected chi connectivity index (χ2v) is 4.84. The molecule has 2 aromatic rings. The molecule has 0 amide bonds. The van der Waals surface area contributed by atoms with Crippen LogP contribution >= 0.6 is 11.6 Å². The zero-order valence-electron chi connectivity index (χ0n) is 8.99. The molecule has 1 aliphatic rings. The summed E-state index contributed by atoms with van der Waals surface area (Å²) in [5.74, 6) is 0.962. The number of aryl methyl sites for hydroxylation is 1. The van der Waals surface area contributed by atoms with Gasteiger partial charge in [0.05, 0.1) is 0 Å². The highest BCUT2D eigenvalue weighted by Gasteiger charge is 2.20. The fraction of sp³-hybridized carbons (Fsp3) is 0.385. The lowest BCUT2D eigenvalue weighted by Gasteiger charge is -2.04. The van der Waals surface area contributed by atoms with Crippen LogP contribution in [0.2, 0.25) is 5.15 Å². The smallest absolute Gasteiger partial charge is 0.161 e. The lowest BCUT2D eigenvalue weighted by atomic mass is 10.1. The molecule has 0 saturated heterocycles. The molecule has 0 unspecified atom stereocenters. The summed E-state index contributed by atoms with van der Waals surface area (Å²) in [6.07, 6.45) is 7.07. The first-order valence-electron chi connectivity index (χ1n) is 5.73. The second kappa shape index (κ2) is 4.02. The van der Waals surface area contributed by atoms with Crippen LogP contribution in [0.15, 0.2) is 24.4 Å². The van der Waals surface area contributed by atoms with E-state index in [-0.39, 0.29) is 0 Å². The average Bonchev–Trinajstić information content (AvgIpc) is 3.09. The summed E-state index contributed by atoms with van der Waals surface area (Å²) in [6.45, 7) is 0. The largest absolute Gasteiger partial charge is 0.237 e. The standard InChI is InChI=1S/C13H13ClN2/c14-12-6-5-11-10(4-3-9-1-2-9)7-8-15-13(11)16-12/h5-9H,1-4H2. The highest BCUT2D eigenvalue weighted by Crippen LogP contribution is 2.34. The van der Waals surface area contributed by atoms with E-state index < -0.39 is 0 Å². The van der Waals surface area contributed by atoms with Gasteiger partial charge in [-0.2, -0.15) is 0 Å². The first-order valence-corrected chi connectivity index (χ1v) is 6.11. The summed E-state index contributed by atoms with van der Waals surface area (Å²) in [7, 11) is 0. The molecule has 0 aliphatic heterocycles. The molecule has 0 radical (unpaired) electrons. The SMILES string of the molecule is Clc1ccc2c(CCC3CC3)ccnc2n1. The van der Waals surface area contributed by atoms with E-state index in [4.69, 9.17) is 11.6 Å². The van der Waals surface area contributed by atoms with E-state index in [1.165, 1.54) is 24.8 Å². The predicted octanol–water partition coefficient (Wildman–Crippen LogP) is 3.63. The Labute approximate surface area is 99.7 Å². The number of rotatable bonds is 3. The summed E-state index contributed by atoms with van der Waals surface area (Å²) in [5, 5.41) is 1.66. The van der Waals surface area contributed by atoms with Gasteiger partial charge in [0.25, 0.3) is 0 Å². The van der Waals surface area contributed by atoms with Gasteiger partial charge in [0.2, 0.25) is 0 Å². The van der Waals surface area contributed by atoms with Gasteiger partial charge in [-0.3, -0.25) is 0 Å². The van der Waals surface area contributed by atoms with Gasteiger partial charge in [-0.25, -0.2) is 9.97 Å². The Morgan fingerprint density at radius 2 is 2.12 bits per heavy atom. The Hall–Kier alpha value is -1.15. The lowest BCUT2D eigenvalue weighted by Crippen LogP contribution is -1.92. The first kappa shape index (κ1) is 10.0. The zero-order chi connectivity index (χ0) is 11.0. The molecule has 1 saturated carbocycles. The van der Waals surface area contributed by atoms with E-state index in [1.807, 2.05) is 18.3 Å². The second-order valence-electron chi connectivity index (χ2n) is 4.46. The Bertz CT molecular complexity index is 520. The minimum Gasteiger partial charge on any atom is -0.237 e. The minimum atomic E-state index is 0.513. The van der Waals surface area contributed by atoms with Gasteiger partial charge in [0.15, 0.2) is 5.65 Å². The summed E-state index contributed by atoms with van der Waals surface area (Å²) < 4.78 is 0. The summed E-state index contributed by atoms with van der Waals surface area (Å²) >= 11 is 5.86. The van der Waals surface area contributed by atoms with Crippen LogP contribution in [-0.4, -0.2) is 9.97 Å². The van der Waals surface area contributed by atoms with Gasteiger partial charge in [-0.1, -0.05) is 24.4 Å². The third kappa shape index (κ3) is 2.03. The maximum absolute atomic E-state index is 5.86. The van der Waals surface area contributed by atoms with Crippen LogP contribution in [0.4, 0.5) is 0 Å². The number of pyridine rings is 2. The van der Waals surface area contributed by atoms with Crippen molar-refractivity contribution < 1.29 is 0 Å². The van der Waals surface area contributed by atoms with Crippen molar-refractivity contribution in [2.24, 2.45) is 5.92 Å². The van der Waals surface area contributed by atoms with Crippen LogP contribution in [-0.2, 0) is 6.42 Å². The maximum Gasteiger partial charge on any atom is 0.161 e. The van der Waals surface area contributed by atoms with Crippen LogP contribution in [0.3, 0.4) is 0 Å². The molecule has 3 heteroatoms. The molecular weight excluding hydrogens is 220 g/mol. The van der Waals surface area contributed by atoms with Crippen molar-refractivity contribution in [2.45, 2.75) is 25.7 Å². The Kier molecular flexibility index (Phi) is 2.52. The quantitative estimate of drug-likeness (QED) is 0.756. The summed E-state index contributed by atoms with van der Waals surface area (Å²) in [6, 6.07) is 5.96. The number of nitrogens with zero attached hydrogens (tertiary/aromatic N) is 2. The summed E-state index contributed by atoms with van der Waals surface area (Å²) in [5.41, 5.74) is 2.11. The first-order chi connectivity index (χ1) is 7.83. The van der Waals surface area contributed by atoms with Crippen LogP contribution in [0.5, 0.6) is 0 Å². The van der Waals surface area contributed by atoms with E-state index in [0.29, 0.717) is 5.15 Å². The van der Waals surface area contributed by atoms with Crippen molar-refractivity contribution in [3.05, 3.63) is 35.1 Å². The monoisotopic (exact) mass is 232 g/mol. The highest BCUT2D eigenvalue weighted by molar-refractivity contribution is 6.29. The van der Waals surface area contributed by atoms with Gasteiger partial charge in [0, 0.05) is 11.6 Å². The fourth-order valence-electron chi connectivity index (χ4n) is 2.05. The van der Waals surface area contributed by atoms with Crippen molar-refractivity contribution in [1.82, 2.24) is 9.97 Å². The van der Waals surface area contributed by atoms with Crippen LogP contribution < -0.4 is 0 Å². The highest BCUT2D eigenvalue weighted by atomic mass is 35.5. The number of hydrogen-bond acceptors (Lipinski definition) is 2. The van der Waals surface area contributed by atoms with Gasteiger partial charge < -0.3 is 0 Å². The van der Waals surface area contributed by atoms with Crippen LogP contribution in [0, 0.1) is 5.92 Å². The Morgan fingerprint density at radius 1 is 1.25 bits per heavy atom. The van der Waals surface area contributed by atoms with Gasteiger partial charge in [-0.05, 0) is 42.5 Å². The molecule has 0 bridgehead atoms. The minimum absolute atomic E-state index is 0.513. The Balaban J connectivity index is 1.95. The van der Waals surface area contributed by atoms with E-state index in [9.17, 15) is 0 Å². The molecule has 2 aromatic heterocycles. The molecule has 2 heterocycles. The molecule has 3 rings (SSSR count). The molecule has 0 N–H and O–H groups in total. The molecule has 2 nitrogen and oxygen atoms in total. The number of halogens is 1. The molecule has 0 aromatic carbocycles. The molecule has 82 valence electrons. The lowest BCUT2D eigenvalue weighted by molar-refractivity contribution is 0.729. The normalized spacial score (nSPS) is 15.6. The van der Waals surface area contributed by atoms with Crippen LogP contribution in [0.25, 0.3) is 11.0 Å². The molecule has 16 heavy (non-hydrogen) atoms. The van der Waals surface area contributed by atoms with E-state index in [2.05, 4.69) is 16.0 Å². The topological polar surface area (TPSA) is 25.8 Å². The van der Waals surface area contributed by atoms with Gasteiger partial charge >= 0.3 is 0 Å². The third-order valence-corrected chi connectivity index (χ3v) is 3.39. The third-order valence-electron chi connectivity index (χ3n) is 3.18. The Morgan fingerprint density at radius 3 is 2.94 bits per heavy atom. The molecule has 0 atom stereocenters. The van der Waals surface area contributed by atoms with Crippen molar-refractivity contribution in [3.8, 4) is 0 Å². The van der Waals surface area contributed by atoms with Gasteiger partial charge in [-0.15, -0.1) is 0 Å². The number of fused-ring (bicyclic) bond motifs is 1.